The van der Waals surface area contributed by atoms with E-state index < -0.39 is 72.6 Å². The molecule has 4 aromatic carbocycles. The minimum absolute atomic E-state index is 0.0612. The van der Waals surface area contributed by atoms with Crippen molar-refractivity contribution < 1.29 is 47.6 Å². The molecule has 0 radical (unpaired) electrons. The first-order chi connectivity index (χ1) is 24.6. The highest BCUT2D eigenvalue weighted by Gasteiger charge is 2.49. The van der Waals surface area contributed by atoms with Crippen LogP contribution in [-0.2, 0) is 30.5 Å². The second-order valence-electron chi connectivity index (χ2n) is 11.5. The molecule has 4 atom stereocenters. The fraction of sp³-hybridized carbons (Fsp3) is 0.243. The zero-order valence-corrected chi connectivity index (χ0v) is 28.0. The van der Waals surface area contributed by atoms with Crippen LogP contribution in [0, 0.1) is 11.6 Å². The Labute approximate surface area is 296 Å². The summed E-state index contributed by atoms with van der Waals surface area (Å²) < 4.78 is 38.2. The number of ether oxygens (including phenoxy) is 2. The number of aliphatic hydroxyl groups is 1. The van der Waals surface area contributed by atoms with Crippen LogP contribution in [0.2, 0.25) is 0 Å². The van der Waals surface area contributed by atoms with Crippen LogP contribution in [-0.4, -0.2) is 75.6 Å². The lowest BCUT2D eigenvalue weighted by molar-refractivity contribution is -0.161. The number of halogens is 2. The number of hydrogen-bond donors (Lipinski definition) is 3. The van der Waals surface area contributed by atoms with E-state index in [2.05, 4.69) is 0 Å². The Bertz CT molecular complexity index is 1810. The molecule has 1 saturated heterocycles. The van der Waals surface area contributed by atoms with Gasteiger partial charge in [-0.1, -0.05) is 54.6 Å². The molecule has 3 amide bonds. The third-order valence-corrected chi connectivity index (χ3v) is 9.45. The van der Waals surface area contributed by atoms with Gasteiger partial charge in [-0.3, -0.25) is 19.3 Å². The highest BCUT2D eigenvalue weighted by Crippen LogP contribution is 2.46. The van der Waals surface area contributed by atoms with Crippen LogP contribution in [0.3, 0.4) is 0 Å². The molecule has 14 heteroatoms. The maximum atomic E-state index is 13.7. The summed E-state index contributed by atoms with van der Waals surface area (Å²) in [6.45, 7) is -1.71. The van der Waals surface area contributed by atoms with E-state index in [9.17, 15) is 38.2 Å². The number of carbonyl (C=O) groups is 4. The van der Waals surface area contributed by atoms with Gasteiger partial charge in [0.2, 0.25) is 11.8 Å². The van der Waals surface area contributed by atoms with E-state index in [4.69, 9.17) is 15.2 Å². The Balaban J connectivity index is 1.26. The predicted octanol–water partition coefficient (Wildman–Crippen LogP) is 4.25. The lowest BCUT2D eigenvalue weighted by atomic mass is 9.92. The number of thioether (sulfide) groups is 1. The fourth-order valence-corrected chi connectivity index (χ4v) is 6.79. The Morgan fingerprint density at radius 3 is 2.12 bits per heavy atom. The quantitative estimate of drug-likeness (QED) is 0.143. The summed E-state index contributed by atoms with van der Waals surface area (Å²) in [5, 5.41) is 19.9. The zero-order chi connectivity index (χ0) is 36.5. The number of aliphatic hydroxyl groups excluding tert-OH is 1. The fourth-order valence-electron chi connectivity index (χ4n) is 5.49. The average Bonchev–Trinajstić information content (AvgIpc) is 3.14. The summed E-state index contributed by atoms with van der Waals surface area (Å²) in [5.41, 5.74) is 7.92. The molecular weight excluding hydrogens is 684 g/mol. The van der Waals surface area contributed by atoms with Crippen molar-refractivity contribution in [1.29, 1.82) is 0 Å². The number of β-lactam (4-membered cyclic amide) rings is 1. The van der Waals surface area contributed by atoms with Crippen molar-refractivity contribution >= 4 is 41.1 Å². The first-order valence-electron chi connectivity index (χ1n) is 15.8. The van der Waals surface area contributed by atoms with E-state index in [1.807, 2.05) is 6.07 Å². The normalized spacial score (nSPS) is 16.5. The van der Waals surface area contributed by atoms with Gasteiger partial charge in [-0.05, 0) is 65.2 Å². The number of carboxylic acid groups (broad SMARTS) is 1. The molecule has 0 saturated carbocycles. The first-order valence-corrected chi connectivity index (χ1v) is 16.9. The lowest BCUT2D eigenvalue weighted by Crippen LogP contribution is -2.57. The number of anilines is 1. The summed E-state index contributed by atoms with van der Waals surface area (Å²) in [6, 6.07) is 24.2. The third kappa shape index (κ3) is 9.15. The molecule has 1 aliphatic heterocycles. The maximum absolute atomic E-state index is 13.7. The van der Waals surface area contributed by atoms with Crippen molar-refractivity contribution in [2.24, 2.45) is 5.73 Å². The van der Waals surface area contributed by atoms with Gasteiger partial charge in [0.05, 0.1) is 31.9 Å². The number of imide groups is 1. The highest BCUT2D eigenvalue weighted by atomic mass is 32.2. The van der Waals surface area contributed by atoms with Crippen molar-refractivity contribution in [2.75, 3.05) is 30.4 Å². The Hall–Kier alpha value is -5.15. The van der Waals surface area contributed by atoms with Crippen LogP contribution in [0.4, 0.5) is 14.5 Å². The molecule has 1 fully saturated rings. The van der Waals surface area contributed by atoms with E-state index >= 15 is 0 Å². The smallest absolute Gasteiger partial charge is 0.329 e. The van der Waals surface area contributed by atoms with Gasteiger partial charge in [-0.2, -0.15) is 0 Å². The monoisotopic (exact) mass is 719 g/mol. The van der Waals surface area contributed by atoms with E-state index in [-0.39, 0.29) is 24.0 Å². The molecular formula is C37H35F2N3O8S. The van der Waals surface area contributed by atoms with Crippen LogP contribution >= 0.6 is 11.8 Å². The highest BCUT2D eigenvalue weighted by molar-refractivity contribution is 8.00. The van der Waals surface area contributed by atoms with Crippen molar-refractivity contribution in [3.05, 3.63) is 131 Å². The molecule has 1 aliphatic rings. The molecule has 0 bridgehead atoms. The number of nitrogens with zero attached hydrogens (tertiary/aromatic N) is 2. The molecule has 0 aromatic heterocycles. The molecule has 266 valence electrons. The maximum Gasteiger partial charge on any atom is 0.329 e. The van der Waals surface area contributed by atoms with Gasteiger partial charge < -0.3 is 30.3 Å². The Kier molecular flexibility index (Phi) is 12.5. The van der Waals surface area contributed by atoms with Crippen molar-refractivity contribution in [3.8, 4) is 5.75 Å². The molecule has 1 unspecified atom stereocenters. The van der Waals surface area contributed by atoms with Crippen LogP contribution in [0.5, 0.6) is 5.75 Å². The number of aliphatic carboxylic acids is 1. The molecule has 51 heavy (non-hydrogen) atoms. The predicted molar refractivity (Wildman–Crippen MR) is 185 cm³/mol. The van der Waals surface area contributed by atoms with Gasteiger partial charge in [0.25, 0.3) is 5.91 Å². The van der Waals surface area contributed by atoms with E-state index in [0.717, 1.165) is 5.56 Å². The van der Waals surface area contributed by atoms with Crippen LogP contribution in [0.1, 0.15) is 28.8 Å². The minimum atomic E-state index is -1.65. The molecule has 0 aliphatic carbocycles. The number of carbonyl (C=O) groups excluding carboxylic acids is 3. The standard InChI is InChI=1S/C37H35F2N3O8S/c38-26-10-6-24(7-11-26)31(43)22-51-35-34(41(36(35)46)28-14-12-27(39)13-15-28)25-8-16-29(17-9-25)50-21-33(45)42(32(44)18-40)30(37(47)48)20-49-19-23-4-2-1-3-5-23/h1-17,30-31,34-35,43H,18-22,40H2,(H,47,48)/t30-,31?,34+,35+/m0/s1. The summed E-state index contributed by atoms with van der Waals surface area (Å²) in [7, 11) is 0. The van der Waals surface area contributed by atoms with Gasteiger partial charge >= 0.3 is 5.97 Å². The second kappa shape index (κ2) is 17.2. The Morgan fingerprint density at radius 1 is 0.882 bits per heavy atom. The zero-order valence-electron chi connectivity index (χ0n) is 27.1. The number of amides is 3. The van der Waals surface area contributed by atoms with E-state index in [0.29, 0.717) is 21.7 Å². The molecule has 4 N–H and O–H groups in total. The van der Waals surface area contributed by atoms with Gasteiger partial charge in [0, 0.05) is 11.4 Å². The molecule has 0 spiro atoms. The molecule has 1 heterocycles. The van der Waals surface area contributed by atoms with Crippen LogP contribution in [0.15, 0.2) is 103 Å². The van der Waals surface area contributed by atoms with Crippen LogP contribution in [0.25, 0.3) is 0 Å². The number of rotatable bonds is 16. The second-order valence-corrected chi connectivity index (χ2v) is 12.7. The number of hydrogen-bond acceptors (Lipinski definition) is 9. The van der Waals surface area contributed by atoms with Crippen molar-refractivity contribution in [1.82, 2.24) is 4.90 Å². The summed E-state index contributed by atoms with van der Waals surface area (Å²) in [4.78, 5) is 53.3. The Morgan fingerprint density at radius 2 is 1.51 bits per heavy atom. The summed E-state index contributed by atoms with van der Waals surface area (Å²) in [6.07, 6.45) is -0.959. The van der Waals surface area contributed by atoms with E-state index in [1.54, 1.807) is 48.5 Å². The molecule has 4 aromatic rings. The SMILES string of the molecule is NCC(=O)N(C(=O)COc1ccc([C@@H]2[C@@H](SCC(O)c3ccc(F)cc3)C(=O)N2c2ccc(F)cc2)cc1)[C@@H](COCc1ccccc1)C(=O)O. The minimum Gasteiger partial charge on any atom is -0.484 e. The molecule has 5 rings (SSSR count). The van der Waals surface area contributed by atoms with Gasteiger partial charge in [0.1, 0.15) is 22.6 Å². The number of nitrogens with two attached hydrogens (primary N) is 1. The topological polar surface area (TPSA) is 160 Å². The van der Waals surface area contributed by atoms with Gasteiger partial charge in [-0.15, -0.1) is 11.8 Å². The van der Waals surface area contributed by atoms with Gasteiger partial charge in [0.15, 0.2) is 12.6 Å². The summed E-state index contributed by atoms with van der Waals surface area (Å²) >= 11 is 1.23. The average molecular weight is 720 g/mol. The third-order valence-electron chi connectivity index (χ3n) is 8.12. The van der Waals surface area contributed by atoms with E-state index in [1.165, 1.54) is 65.2 Å². The largest absolute Gasteiger partial charge is 0.484 e. The first kappa shape index (κ1) is 37.1. The number of carboxylic acids is 1. The van der Waals surface area contributed by atoms with Crippen LogP contribution < -0.4 is 15.4 Å². The lowest BCUT2D eigenvalue weighted by Gasteiger charge is -2.47. The summed E-state index contributed by atoms with van der Waals surface area (Å²) in [5.74, 6) is -4.10. The van der Waals surface area contributed by atoms with Crippen molar-refractivity contribution in [3.63, 3.8) is 0 Å². The number of benzene rings is 4. The molecule has 11 nitrogen and oxygen atoms in total. The van der Waals surface area contributed by atoms with Crippen molar-refractivity contribution in [2.45, 2.75) is 30.0 Å². The van der Waals surface area contributed by atoms with Gasteiger partial charge in [-0.25, -0.2) is 13.6 Å².